The van der Waals surface area contributed by atoms with Crippen LogP contribution in [0.3, 0.4) is 0 Å². The van der Waals surface area contributed by atoms with Crippen molar-refractivity contribution >= 4 is 17.9 Å². The van der Waals surface area contributed by atoms with Crippen molar-refractivity contribution in [3.63, 3.8) is 0 Å². The Morgan fingerprint density at radius 1 is 0.362 bits per heavy atom. The highest BCUT2D eigenvalue weighted by Gasteiger charge is 2.19. The van der Waals surface area contributed by atoms with Crippen LogP contribution in [0.15, 0.2) is 72.9 Å². The molecule has 0 amide bonds. The summed E-state index contributed by atoms with van der Waals surface area (Å²) in [5.41, 5.74) is 0. The molecular weight excluding hydrogens is 721 g/mol. The highest BCUT2D eigenvalue weighted by Crippen LogP contribution is 2.14. The third-order valence-electron chi connectivity index (χ3n) is 9.99. The van der Waals surface area contributed by atoms with Gasteiger partial charge in [-0.1, -0.05) is 216 Å². The highest BCUT2D eigenvalue weighted by molar-refractivity contribution is 5.71. The Bertz CT molecular complexity index is 1110. The van der Waals surface area contributed by atoms with E-state index in [1.54, 1.807) is 0 Å². The SMILES string of the molecule is CC/C=C\C/C=C\C/C=C\C/C=C\C/C=C\C/C=C\CCC(=O)OCC(COC(=O)CCCCCCCCCCC)OC(=O)CCCCCCCCCCCCCC. The van der Waals surface area contributed by atoms with Crippen molar-refractivity contribution in [1.29, 1.82) is 0 Å². The summed E-state index contributed by atoms with van der Waals surface area (Å²) in [7, 11) is 0. The topological polar surface area (TPSA) is 78.9 Å². The summed E-state index contributed by atoms with van der Waals surface area (Å²) in [5.74, 6) is -0.988. The third-order valence-corrected chi connectivity index (χ3v) is 9.99. The maximum Gasteiger partial charge on any atom is 0.306 e. The first kappa shape index (κ1) is 54.9. The lowest BCUT2D eigenvalue weighted by Gasteiger charge is -2.18. The fourth-order valence-corrected chi connectivity index (χ4v) is 6.41. The summed E-state index contributed by atoms with van der Waals surface area (Å²) in [5, 5.41) is 0. The van der Waals surface area contributed by atoms with Crippen LogP contribution in [-0.4, -0.2) is 37.2 Å². The minimum atomic E-state index is -0.799. The van der Waals surface area contributed by atoms with Crippen molar-refractivity contribution in [3.8, 4) is 0 Å². The Morgan fingerprint density at radius 2 is 0.672 bits per heavy atom. The molecule has 0 aromatic carbocycles. The van der Waals surface area contributed by atoms with Gasteiger partial charge in [-0.25, -0.2) is 0 Å². The van der Waals surface area contributed by atoms with E-state index in [9.17, 15) is 14.4 Å². The molecular formula is C52H88O6. The number of carbonyl (C=O) groups excluding carboxylic acids is 3. The molecule has 6 nitrogen and oxygen atoms in total. The zero-order chi connectivity index (χ0) is 42.3. The van der Waals surface area contributed by atoms with E-state index in [4.69, 9.17) is 14.2 Å². The van der Waals surface area contributed by atoms with Crippen LogP contribution in [-0.2, 0) is 28.6 Å². The van der Waals surface area contributed by atoms with Crippen molar-refractivity contribution in [2.75, 3.05) is 13.2 Å². The number of allylic oxidation sites excluding steroid dienone is 12. The quantitative estimate of drug-likeness (QED) is 0.0264. The van der Waals surface area contributed by atoms with Gasteiger partial charge in [0.2, 0.25) is 0 Å². The predicted molar refractivity (Wildman–Crippen MR) is 247 cm³/mol. The average Bonchev–Trinajstić information content (AvgIpc) is 3.22. The number of hydrogen-bond acceptors (Lipinski definition) is 6. The molecule has 0 spiro atoms. The minimum Gasteiger partial charge on any atom is -0.462 e. The molecule has 0 N–H and O–H groups in total. The molecule has 0 aromatic heterocycles. The van der Waals surface area contributed by atoms with Crippen molar-refractivity contribution in [2.45, 2.75) is 226 Å². The monoisotopic (exact) mass is 809 g/mol. The first-order valence-electron chi connectivity index (χ1n) is 23.9. The van der Waals surface area contributed by atoms with E-state index >= 15 is 0 Å². The van der Waals surface area contributed by atoms with Crippen LogP contribution in [0.1, 0.15) is 220 Å². The van der Waals surface area contributed by atoms with Gasteiger partial charge >= 0.3 is 17.9 Å². The minimum absolute atomic E-state index is 0.0964. The lowest BCUT2D eigenvalue weighted by molar-refractivity contribution is -0.166. The molecule has 0 saturated carbocycles. The summed E-state index contributed by atoms with van der Waals surface area (Å²) in [6, 6.07) is 0. The van der Waals surface area contributed by atoms with Gasteiger partial charge in [0.1, 0.15) is 13.2 Å². The van der Waals surface area contributed by atoms with Crippen molar-refractivity contribution < 1.29 is 28.6 Å². The molecule has 0 heterocycles. The molecule has 332 valence electrons. The van der Waals surface area contributed by atoms with Gasteiger partial charge in [0, 0.05) is 19.3 Å². The number of esters is 3. The molecule has 0 rings (SSSR count). The van der Waals surface area contributed by atoms with Crippen LogP contribution in [0.4, 0.5) is 0 Å². The van der Waals surface area contributed by atoms with Gasteiger partial charge in [0.15, 0.2) is 6.10 Å². The fraction of sp³-hybridized carbons (Fsp3) is 0.712. The molecule has 0 fully saturated rings. The largest absolute Gasteiger partial charge is 0.462 e. The predicted octanol–water partition coefficient (Wildman–Crippen LogP) is 15.5. The Hall–Kier alpha value is -3.15. The van der Waals surface area contributed by atoms with E-state index in [1.165, 1.54) is 96.3 Å². The molecule has 0 radical (unpaired) electrons. The van der Waals surface area contributed by atoms with E-state index < -0.39 is 6.10 Å². The molecule has 1 atom stereocenters. The Labute approximate surface area is 357 Å². The molecule has 0 bridgehead atoms. The second kappa shape index (κ2) is 46.5. The van der Waals surface area contributed by atoms with Crippen LogP contribution in [0.5, 0.6) is 0 Å². The van der Waals surface area contributed by atoms with Crippen LogP contribution in [0.25, 0.3) is 0 Å². The summed E-state index contributed by atoms with van der Waals surface area (Å²) >= 11 is 0. The maximum absolute atomic E-state index is 12.7. The van der Waals surface area contributed by atoms with Gasteiger partial charge in [-0.15, -0.1) is 0 Å². The molecule has 0 aliphatic carbocycles. The van der Waals surface area contributed by atoms with Gasteiger partial charge in [-0.05, 0) is 57.8 Å². The third kappa shape index (κ3) is 44.0. The number of rotatable bonds is 42. The van der Waals surface area contributed by atoms with Crippen molar-refractivity contribution in [3.05, 3.63) is 72.9 Å². The van der Waals surface area contributed by atoms with E-state index in [0.29, 0.717) is 19.3 Å². The van der Waals surface area contributed by atoms with E-state index in [0.717, 1.165) is 77.0 Å². The molecule has 0 saturated heterocycles. The van der Waals surface area contributed by atoms with Gasteiger partial charge in [-0.3, -0.25) is 14.4 Å². The Kier molecular flexibility index (Phi) is 44.0. The van der Waals surface area contributed by atoms with E-state index in [-0.39, 0.29) is 37.5 Å². The number of hydrogen-bond donors (Lipinski definition) is 0. The van der Waals surface area contributed by atoms with Crippen LogP contribution >= 0.6 is 0 Å². The van der Waals surface area contributed by atoms with Crippen molar-refractivity contribution in [2.24, 2.45) is 0 Å². The molecule has 6 heteroatoms. The van der Waals surface area contributed by atoms with E-state index in [1.807, 2.05) is 6.08 Å². The second-order valence-corrected chi connectivity index (χ2v) is 15.6. The lowest BCUT2D eigenvalue weighted by atomic mass is 10.0. The maximum atomic E-state index is 12.7. The first-order valence-corrected chi connectivity index (χ1v) is 23.9. The Balaban J connectivity index is 4.45. The van der Waals surface area contributed by atoms with Crippen LogP contribution in [0.2, 0.25) is 0 Å². The standard InChI is InChI=1S/C52H88O6/c1-4-7-10-13-16-19-21-23-24-25-26-27-28-29-31-33-36-39-42-45-51(54)57-48-49(47-56-50(53)44-41-38-35-32-18-15-12-9-6-3)58-52(55)46-43-40-37-34-30-22-20-17-14-11-8-5-2/h7,10,16,19,23-24,26-27,29,31,36,39,49H,4-6,8-9,11-15,17-18,20-22,25,28,30,32-35,37-38,40-48H2,1-3H3/b10-7-,19-16-,24-23-,27-26-,31-29-,39-36-. The van der Waals surface area contributed by atoms with Crippen LogP contribution in [0, 0.1) is 0 Å². The van der Waals surface area contributed by atoms with Gasteiger partial charge in [-0.2, -0.15) is 0 Å². The number of unbranched alkanes of at least 4 members (excludes halogenated alkanes) is 19. The summed E-state index contributed by atoms with van der Waals surface area (Å²) in [4.78, 5) is 37.7. The lowest BCUT2D eigenvalue weighted by Crippen LogP contribution is -2.30. The molecule has 58 heavy (non-hydrogen) atoms. The summed E-state index contributed by atoms with van der Waals surface area (Å²) in [6.07, 6.45) is 57.5. The Morgan fingerprint density at radius 3 is 1.05 bits per heavy atom. The molecule has 0 aliphatic heterocycles. The average molecular weight is 809 g/mol. The smallest absolute Gasteiger partial charge is 0.306 e. The van der Waals surface area contributed by atoms with Crippen LogP contribution < -0.4 is 0 Å². The molecule has 1 unspecified atom stereocenters. The summed E-state index contributed by atoms with van der Waals surface area (Å²) < 4.78 is 16.6. The normalized spacial score (nSPS) is 12.7. The number of carbonyl (C=O) groups is 3. The highest BCUT2D eigenvalue weighted by atomic mass is 16.6. The van der Waals surface area contributed by atoms with Gasteiger partial charge in [0.05, 0.1) is 0 Å². The second-order valence-electron chi connectivity index (χ2n) is 15.6. The van der Waals surface area contributed by atoms with Crippen molar-refractivity contribution in [1.82, 2.24) is 0 Å². The fourth-order valence-electron chi connectivity index (χ4n) is 6.41. The number of ether oxygens (including phenoxy) is 3. The molecule has 0 aliphatic rings. The zero-order valence-electron chi connectivity index (χ0n) is 37.8. The first-order chi connectivity index (χ1) is 28.5. The summed E-state index contributed by atoms with van der Waals surface area (Å²) in [6.45, 7) is 6.42. The van der Waals surface area contributed by atoms with Gasteiger partial charge < -0.3 is 14.2 Å². The molecule has 0 aromatic rings. The zero-order valence-corrected chi connectivity index (χ0v) is 37.8. The van der Waals surface area contributed by atoms with E-state index in [2.05, 4.69) is 87.6 Å². The van der Waals surface area contributed by atoms with Gasteiger partial charge in [0.25, 0.3) is 0 Å².